The normalized spacial score (nSPS) is 15.0. The Morgan fingerprint density at radius 2 is 1.70 bits per heavy atom. The smallest absolute Gasteiger partial charge is 0.255 e. The first kappa shape index (κ1) is 17.6. The number of nitrogens with zero attached hydrogens (tertiary/aromatic N) is 3. The molecule has 27 heavy (non-hydrogen) atoms. The molecule has 0 spiro atoms. The van der Waals surface area contributed by atoms with Gasteiger partial charge in [-0.2, -0.15) is 0 Å². The van der Waals surface area contributed by atoms with Crippen LogP contribution in [0.3, 0.4) is 0 Å². The van der Waals surface area contributed by atoms with E-state index in [0.29, 0.717) is 42.2 Å². The van der Waals surface area contributed by atoms with E-state index in [1.807, 2.05) is 35.2 Å². The molecule has 4 rings (SSSR count). The molecule has 0 saturated carbocycles. The van der Waals surface area contributed by atoms with Crippen LogP contribution in [-0.2, 0) is 0 Å². The number of H-pyrrole nitrogens is 1. The number of aromatic nitrogens is 2. The molecule has 1 aliphatic rings. The standard InChI is InChI=1S/C20H20N4O2S/c25-19(14-6-7-16-17(12-14)22-13-21-16)23-8-3-9-24(11-10-23)20(26)15-4-1-2-5-18(15)27/h1-2,4-7,12-13,27H,3,8-11H2,(H,21,22). The van der Waals surface area contributed by atoms with Crippen molar-refractivity contribution in [1.82, 2.24) is 19.8 Å². The van der Waals surface area contributed by atoms with Crippen LogP contribution in [-0.4, -0.2) is 57.8 Å². The summed E-state index contributed by atoms with van der Waals surface area (Å²) in [6.45, 7) is 2.29. The van der Waals surface area contributed by atoms with Gasteiger partial charge in [0.2, 0.25) is 0 Å². The first-order valence-electron chi connectivity index (χ1n) is 8.93. The quantitative estimate of drug-likeness (QED) is 0.672. The third-order valence-electron chi connectivity index (χ3n) is 4.87. The highest BCUT2D eigenvalue weighted by molar-refractivity contribution is 7.80. The summed E-state index contributed by atoms with van der Waals surface area (Å²) >= 11 is 4.39. The predicted octanol–water partition coefficient (Wildman–Crippen LogP) is 2.84. The highest BCUT2D eigenvalue weighted by Gasteiger charge is 2.24. The number of aromatic amines is 1. The van der Waals surface area contributed by atoms with E-state index < -0.39 is 0 Å². The van der Waals surface area contributed by atoms with Crippen LogP contribution in [0.15, 0.2) is 53.7 Å². The van der Waals surface area contributed by atoms with Crippen LogP contribution in [0, 0.1) is 0 Å². The Balaban J connectivity index is 1.47. The SMILES string of the molecule is O=C(c1ccc2nc[nH]c2c1)N1CCCN(C(=O)c2ccccc2S)CC1. The summed E-state index contributed by atoms with van der Waals surface area (Å²) in [6, 6.07) is 12.8. The fraction of sp³-hybridized carbons (Fsp3) is 0.250. The highest BCUT2D eigenvalue weighted by Crippen LogP contribution is 2.18. The van der Waals surface area contributed by atoms with Crippen LogP contribution in [0.25, 0.3) is 11.0 Å². The minimum absolute atomic E-state index is 0.0182. The van der Waals surface area contributed by atoms with Crippen molar-refractivity contribution in [2.45, 2.75) is 11.3 Å². The molecule has 0 atom stereocenters. The topological polar surface area (TPSA) is 69.3 Å². The zero-order chi connectivity index (χ0) is 18.8. The van der Waals surface area contributed by atoms with Crippen molar-refractivity contribution < 1.29 is 9.59 Å². The number of fused-ring (bicyclic) bond motifs is 1. The van der Waals surface area contributed by atoms with E-state index in [2.05, 4.69) is 22.6 Å². The van der Waals surface area contributed by atoms with Crippen molar-refractivity contribution in [3.63, 3.8) is 0 Å². The second-order valence-corrected chi connectivity index (χ2v) is 7.07. The molecule has 0 bridgehead atoms. The maximum absolute atomic E-state index is 12.9. The van der Waals surface area contributed by atoms with E-state index in [1.165, 1.54) is 0 Å². The van der Waals surface area contributed by atoms with Gasteiger partial charge < -0.3 is 14.8 Å². The van der Waals surface area contributed by atoms with Crippen LogP contribution >= 0.6 is 12.6 Å². The molecule has 1 aliphatic heterocycles. The Morgan fingerprint density at radius 3 is 2.48 bits per heavy atom. The van der Waals surface area contributed by atoms with Crippen LogP contribution in [0.4, 0.5) is 0 Å². The fourth-order valence-electron chi connectivity index (χ4n) is 3.40. The molecule has 1 aromatic heterocycles. The number of hydrogen-bond acceptors (Lipinski definition) is 4. The van der Waals surface area contributed by atoms with Gasteiger partial charge in [-0.3, -0.25) is 9.59 Å². The number of nitrogens with one attached hydrogen (secondary N) is 1. The van der Waals surface area contributed by atoms with Crippen LogP contribution < -0.4 is 0 Å². The maximum atomic E-state index is 12.9. The van der Waals surface area contributed by atoms with Crippen molar-refractivity contribution in [2.75, 3.05) is 26.2 Å². The summed E-state index contributed by atoms with van der Waals surface area (Å²) in [5.41, 5.74) is 2.92. The highest BCUT2D eigenvalue weighted by atomic mass is 32.1. The number of rotatable bonds is 2. The minimum atomic E-state index is -0.0335. The molecule has 2 heterocycles. The Bertz CT molecular complexity index is 1000. The van der Waals surface area contributed by atoms with E-state index >= 15 is 0 Å². The summed E-state index contributed by atoms with van der Waals surface area (Å²) in [4.78, 5) is 37.2. The second kappa shape index (κ2) is 7.44. The first-order valence-corrected chi connectivity index (χ1v) is 9.38. The average Bonchev–Trinajstić information content (AvgIpc) is 3.02. The van der Waals surface area contributed by atoms with Gasteiger partial charge in [0.25, 0.3) is 11.8 Å². The Hall–Kier alpha value is -2.80. The number of benzene rings is 2. The molecule has 1 saturated heterocycles. The van der Waals surface area contributed by atoms with Crippen LogP contribution in [0.5, 0.6) is 0 Å². The molecule has 6 nitrogen and oxygen atoms in total. The molecule has 0 unspecified atom stereocenters. The number of imidazole rings is 1. The lowest BCUT2D eigenvalue weighted by Gasteiger charge is -2.22. The zero-order valence-electron chi connectivity index (χ0n) is 14.8. The lowest BCUT2D eigenvalue weighted by molar-refractivity contribution is 0.0717. The van der Waals surface area contributed by atoms with Crippen molar-refractivity contribution in [1.29, 1.82) is 0 Å². The third-order valence-corrected chi connectivity index (χ3v) is 5.26. The van der Waals surface area contributed by atoms with Gasteiger partial charge in [-0.1, -0.05) is 12.1 Å². The summed E-state index contributed by atoms with van der Waals surface area (Å²) in [7, 11) is 0. The number of carbonyl (C=O) groups excluding carboxylic acids is 2. The lowest BCUT2D eigenvalue weighted by Crippen LogP contribution is -2.37. The van der Waals surface area contributed by atoms with Crippen molar-refractivity contribution in [2.24, 2.45) is 0 Å². The monoisotopic (exact) mass is 380 g/mol. The molecule has 0 radical (unpaired) electrons. The molecule has 1 N–H and O–H groups in total. The lowest BCUT2D eigenvalue weighted by atomic mass is 10.1. The number of amides is 2. The van der Waals surface area contributed by atoms with Crippen molar-refractivity contribution >= 4 is 35.5 Å². The summed E-state index contributed by atoms with van der Waals surface area (Å²) in [5, 5.41) is 0. The van der Waals surface area contributed by atoms with E-state index in [1.54, 1.807) is 23.4 Å². The predicted molar refractivity (Wildman–Crippen MR) is 106 cm³/mol. The Labute approximate surface area is 162 Å². The Morgan fingerprint density at radius 1 is 0.963 bits per heavy atom. The summed E-state index contributed by atoms with van der Waals surface area (Å²) in [6.07, 6.45) is 2.37. The van der Waals surface area contributed by atoms with Crippen molar-refractivity contribution in [3.8, 4) is 0 Å². The van der Waals surface area contributed by atoms with Gasteiger partial charge in [0.05, 0.1) is 22.9 Å². The van der Waals surface area contributed by atoms with E-state index in [9.17, 15) is 9.59 Å². The average molecular weight is 380 g/mol. The van der Waals surface area contributed by atoms with Gasteiger partial charge in [-0.15, -0.1) is 12.6 Å². The van der Waals surface area contributed by atoms with Gasteiger partial charge in [-0.25, -0.2) is 4.98 Å². The van der Waals surface area contributed by atoms with Gasteiger partial charge in [-0.05, 0) is 36.8 Å². The first-order chi connectivity index (χ1) is 13.1. The van der Waals surface area contributed by atoms with Gasteiger partial charge in [0.1, 0.15) is 0 Å². The molecule has 2 amide bonds. The maximum Gasteiger partial charge on any atom is 0.255 e. The zero-order valence-corrected chi connectivity index (χ0v) is 15.7. The minimum Gasteiger partial charge on any atom is -0.345 e. The molecule has 2 aromatic carbocycles. The van der Waals surface area contributed by atoms with Gasteiger partial charge in [0, 0.05) is 36.6 Å². The molecule has 3 aromatic rings. The number of thiol groups is 1. The number of carbonyl (C=O) groups is 2. The van der Waals surface area contributed by atoms with E-state index in [4.69, 9.17) is 0 Å². The Kier molecular flexibility index (Phi) is 4.85. The third kappa shape index (κ3) is 3.55. The largest absolute Gasteiger partial charge is 0.345 e. The molecule has 0 aliphatic carbocycles. The van der Waals surface area contributed by atoms with Gasteiger partial charge in [0.15, 0.2) is 0 Å². The molecule has 1 fully saturated rings. The molecular weight excluding hydrogens is 360 g/mol. The van der Waals surface area contributed by atoms with Gasteiger partial charge >= 0.3 is 0 Å². The molecular formula is C20H20N4O2S. The molecule has 7 heteroatoms. The van der Waals surface area contributed by atoms with E-state index in [-0.39, 0.29) is 11.8 Å². The summed E-state index contributed by atoms with van der Waals surface area (Å²) < 4.78 is 0. The second-order valence-electron chi connectivity index (χ2n) is 6.59. The van der Waals surface area contributed by atoms with E-state index in [0.717, 1.165) is 17.5 Å². The summed E-state index contributed by atoms with van der Waals surface area (Å²) in [5.74, 6) is -0.0517. The van der Waals surface area contributed by atoms with Crippen molar-refractivity contribution in [3.05, 3.63) is 59.9 Å². The molecule has 138 valence electrons. The van der Waals surface area contributed by atoms with Crippen LogP contribution in [0.1, 0.15) is 27.1 Å². The number of hydrogen-bond donors (Lipinski definition) is 2. The fourth-order valence-corrected chi connectivity index (χ4v) is 3.66. The van der Waals surface area contributed by atoms with Crippen LogP contribution in [0.2, 0.25) is 0 Å².